The SMILES string of the molecule is N=C(C(=O)NC1CCCNC1)c1ccc(N2CCCCCC2)nc1Nc1ccccc1. The fraction of sp³-hybridized carbons (Fsp3) is 0.458. The van der Waals surface area contributed by atoms with E-state index in [1.165, 1.54) is 25.7 Å². The van der Waals surface area contributed by atoms with Crippen LogP contribution in [0.25, 0.3) is 0 Å². The number of nitrogens with zero attached hydrogens (tertiary/aromatic N) is 2. The van der Waals surface area contributed by atoms with Gasteiger partial charge in [0.25, 0.3) is 5.91 Å². The normalized spacial score (nSPS) is 19.4. The topological polar surface area (TPSA) is 93.1 Å². The summed E-state index contributed by atoms with van der Waals surface area (Å²) in [7, 11) is 0. The lowest BCUT2D eigenvalue weighted by Crippen LogP contribution is -2.47. The van der Waals surface area contributed by atoms with Crippen LogP contribution in [-0.4, -0.2) is 48.8 Å². The Hall–Kier alpha value is -2.93. The van der Waals surface area contributed by atoms with Gasteiger partial charge in [-0.25, -0.2) is 4.98 Å². The van der Waals surface area contributed by atoms with E-state index < -0.39 is 0 Å². The Balaban J connectivity index is 1.58. The van der Waals surface area contributed by atoms with Gasteiger partial charge < -0.3 is 20.9 Å². The Morgan fingerprint density at radius 2 is 1.81 bits per heavy atom. The largest absolute Gasteiger partial charge is 0.357 e. The van der Waals surface area contributed by atoms with Crippen molar-refractivity contribution in [2.45, 2.75) is 44.6 Å². The Morgan fingerprint density at radius 3 is 2.52 bits per heavy atom. The lowest BCUT2D eigenvalue weighted by atomic mass is 10.1. The summed E-state index contributed by atoms with van der Waals surface area (Å²) in [5, 5.41) is 18.2. The average Bonchev–Trinajstić information content (AvgIpc) is 3.10. The molecule has 31 heavy (non-hydrogen) atoms. The minimum atomic E-state index is -0.353. The second kappa shape index (κ2) is 10.4. The molecule has 164 valence electrons. The number of carbonyl (C=O) groups excluding carboxylic acids is 1. The molecule has 2 aromatic rings. The number of amides is 1. The van der Waals surface area contributed by atoms with Gasteiger partial charge in [-0.1, -0.05) is 31.0 Å². The lowest BCUT2D eigenvalue weighted by molar-refractivity contribution is -0.115. The van der Waals surface area contributed by atoms with Crippen LogP contribution in [0.3, 0.4) is 0 Å². The van der Waals surface area contributed by atoms with E-state index in [1.807, 2.05) is 42.5 Å². The van der Waals surface area contributed by atoms with Gasteiger partial charge in [0.05, 0.1) is 0 Å². The highest BCUT2D eigenvalue weighted by molar-refractivity contribution is 6.45. The van der Waals surface area contributed by atoms with Gasteiger partial charge >= 0.3 is 0 Å². The van der Waals surface area contributed by atoms with Gasteiger partial charge in [-0.2, -0.15) is 0 Å². The molecule has 0 aliphatic carbocycles. The van der Waals surface area contributed by atoms with Crippen molar-refractivity contribution in [3.63, 3.8) is 0 Å². The molecule has 2 aliphatic heterocycles. The first-order valence-electron chi connectivity index (χ1n) is 11.4. The molecule has 0 bridgehead atoms. The number of para-hydroxylation sites is 1. The van der Waals surface area contributed by atoms with Crippen LogP contribution in [-0.2, 0) is 4.79 Å². The lowest BCUT2D eigenvalue weighted by Gasteiger charge is -2.25. The van der Waals surface area contributed by atoms with Gasteiger partial charge in [-0.3, -0.25) is 10.2 Å². The highest BCUT2D eigenvalue weighted by atomic mass is 16.1. The van der Waals surface area contributed by atoms with Crippen molar-refractivity contribution in [1.82, 2.24) is 15.6 Å². The van der Waals surface area contributed by atoms with Crippen molar-refractivity contribution in [1.29, 1.82) is 5.41 Å². The molecule has 4 N–H and O–H groups in total. The maximum atomic E-state index is 12.8. The van der Waals surface area contributed by atoms with Gasteiger partial charge in [0.1, 0.15) is 17.3 Å². The molecule has 1 amide bonds. The van der Waals surface area contributed by atoms with Crippen LogP contribution in [0.15, 0.2) is 42.5 Å². The molecule has 7 heteroatoms. The maximum absolute atomic E-state index is 12.8. The third-order valence-electron chi connectivity index (χ3n) is 5.98. The Labute approximate surface area is 184 Å². The van der Waals surface area contributed by atoms with E-state index in [2.05, 4.69) is 20.9 Å². The van der Waals surface area contributed by atoms with Crippen molar-refractivity contribution in [2.75, 3.05) is 36.4 Å². The smallest absolute Gasteiger partial charge is 0.270 e. The fourth-order valence-electron chi connectivity index (χ4n) is 4.23. The third kappa shape index (κ3) is 5.61. The zero-order valence-electron chi connectivity index (χ0n) is 18.0. The number of hydrogen-bond donors (Lipinski definition) is 4. The van der Waals surface area contributed by atoms with Crippen molar-refractivity contribution >= 4 is 28.9 Å². The predicted molar refractivity (Wildman–Crippen MR) is 126 cm³/mol. The number of carbonyl (C=O) groups is 1. The zero-order chi connectivity index (χ0) is 21.5. The monoisotopic (exact) mass is 420 g/mol. The molecule has 2 fully saturated rings. The first kappa shape index (κ1) is 21.3. The summed E-state index contributed by atoms with van der Waals surface area (Å²) in [5.74, 6) is 1.10. The van der Waals surface area contributed by atoms with Crippen molar-refractivity contribution in [2.24, 2.45) is 0 Å². The molecular formula is C24H32N6O. The summed E-state index contributed by atoms with van der Waals surface area (Å²) < 4.78 is 0. The Morgan fingerprint density at radius 1 is 1.03 bits per heavy atom. The predicted octanol–water partition coefficient (Wildman–Crippen LogP) is 3.44. The average molecular weight is 421 g/mol. The van der Waals surface area contributed by atoms with E-state index in [0.29, 0.717) is 11.4 Å². The first-order valence-corrected chi connectivity index (χ1v) is 11.4. The van der Waals surface area contributed by atoms with Crippen LogP contribution < -0.4 is 20.9 Å². The summed E-state index contributed by atoms with van der Waals surface area (Å²) >= 11 is 0. The van der Waals surface area contributed by atoms with E-state index in [9.17, 15) is 4.79 Å². The molecule has 2 aliphatic rings. The Bertz CT molecular complexity index is 886. The molecule has 0 radical (unpaired) electrons. The standard InChI is InChI=1S/C24H32N6O/c25-22(24(31)28-19-11-8-14-26-17-19)20-12-13-21(30-15-6-1-2-7-16-30)29-23(20)27-18-9-4-3-5-10-18/h3-5,9-10,12-13,19,25-26H,1-2,6-8,11,14-17H2,(H,27,29)(H,28,31). The number of aromatic nitrogens is 1. The molecule has 0 spiro atoms. The first-order chi connectivity index (χ1) is 15.2. The van der Waals surface area contributed by atoms with E-state index >= 15 is 0 Å². The molecule has 1 atom stereocenters. The van der Waals surface area contributed by atoms with Crippen LogP contribution in [0, 0.1) is 5.41 Å². The van der Waals surface area contributed by atoms with Crippen molar-refractivity contribution in [3.05, 3.63) is 48.0 Å². The summed E-state index contributed by atoms with van der Waals surface area (Å²) in [6.45, 7) is 3.71. The van der Waals surface area contributed by atoms with Crippen LogP contribution in [0.5, 0.6) is 0 Å². The quantitative estimate of drug-likeness (QED) is 0.537. The van der Waals surface area contributed by atoms with Gasteiger partial charge in [-0.05, 0) is 56.5 Å². The number of rotatable bonds is 6. The molecule has 3 heterocycles. The van der Waals surface area contributed by atoms with Crippen molar-refractivity contribution < 1.29 is 4.79 Å². The minimum Gasteiger partial charge on any atom is -0.357 e. The minimum absolute atomic E-state index is 0.0566. The van der Waals surface area contributed by atoms with E-state index in [4.69, 9.17) is 10.4 Å². The summed E-state index contributed by atoms with van der Waals surface area (Å²) in [5.41, 5.74) is 1.34. The summed E-state index contributed by atoms with van der Waals surface area (Å²) in [4.78, 5) is 20.0. The second-order valence-electron chi connectivity index (χ2n) is 8.35. The number of hydrogen-bond acceptors (Lipinski definition) is 6. The number of benzene rings is 1. The molecule has 7 nitrogen and oxygen atoms in total. The number of anilines is 3. The Kier molecular flexibility index (Phi) is 7.14. The molecule has 1 aromatic carbocycles. The van der Waals surface area contributed by atoms with Crippen LogP contribution in [0.2, 0.25) is 0 Å². The highest BCUT2D eigenvalue weighted by Gasteiger charge is 2.22. The van der Waals surface area contributed by atoms with Gasteiger partial charge in [-0.15, -0.1) is 0 Å². The molecule has 1 aromatic heterocycles. The van der Waals surface area contributed by atoms with Crippen LogP contribution in [0.1, 0.15) is 44.1 Å². The summed E-state index contributed by atoms with van der Waals surface area (Å²) in [6, 6.07) is 13.7. The van der Waals surface area contributed by atoms with E-state index in [-0.39, 0.29) is 17.7 Å². The van der Waals surface area contributed by atoms with Crippen molar-refractivity contribution in [3.8, 4) is 0 Å². The van der Waals surface area contributed by atoms with E-state index in [1.54, 1.807) is 0 Å². The molecule has 4 rings (SSSR count). The van der Waals surface area contributed by atoms with Gasteiger partial charge in [0.15, 0.2) is 0 Å². The third-order valence-corrected chi connectivity index (χ3v) is 5.98. The fourth-order valence-corrected chi connectivity index (χ4v) is 4.23. The summed E-state index contributed by atoms with van der Waals surface area (Å²) in [6.07, 6.45) is 6.81. The second-order valence-corrected chi connectivity index (χ2v) is 8.35. The van der Waals surface area contributed by atoms with Gasteiger partial charge in [0.2, 0.25) is 0 Å². The van der Waals surface area contributed by atoms with Crippen LogP contribution >= 0.6 is 0 Å². The zero-order valence-corrected chi connectivity index (χ0v) is 18.0. The molecular weight excluding hydrogens is 388 g/mol. The number of pyridine rings is 1. The number of piperidine rings is 1. The highest BCUT2D eigenvalue weighted by Crippen LogP contribution is 2.25. The molecule has 2 saturated heterocycles. The van der Waals surface area contributed by atoms with E-state index in [0.717, 1.165) is 50.5 Å². The molecule has 0 saturated carbocycles. The van der Waals surface area contributed by atoms with Gasteiger partial charge in [0, 0.05) is 36.9 Å². The van der Waals surface area contributed by atoms with Crippen LogP contribution in [0.4, 0.5) is 17.3 Å². The molecule has 1 unspecified atom stereocenters. The maximum Gasteiger partial charge on any atom is 0.270 e. The number of nitrogens with one attached hydrogen (secondary N) is 4.